The zero-order valence-corrected chi connectivity index (χ0v) is 14.0. The van der Waals surface area contributed by atoms with Gasteiger partial charge in [-0.05, 0) is 56.2 Å². The third kappa shape index (κ3) is 3.22. The normalized spacial score (nSPS) is 11.4. The van der Waals surface area contributed by atoms with E-state index in [4.69, 9.17) is 0 Å². The maximum absolute atomic E-state index is 12.4. The van der Waals surface area contributed by atoms with Gasteiger partial charge in [-0.15, -0.1) is 0 Å². The van der Waals surface area contributed by atoms with Crippen molar-refractivity contribution in [3.05, 3.63) is 57.6 Å². The van der Waals surface area contributed by atoms with Crippen molar-refractivity contribution >= 4 is 31.6 Å². The van der Waals surface area contributed by atoms with E-state index >= 15 is 0 Å². The van der Waals surface area contributed by atoms with Crippen LogP contribution in [0.3, 0.4) is 0 Å². The lowest BCUT2D eigenvalue weighted by Crippen LogP contribution is -2.14. The molecule has 0 saturated carbocycles. The molecule has 2 aromatic carbocycles. The van der Waals surface area contributed by atoms with Gasteiger partial charge in [0.2, 0.25) is 0 Å². The summed E-state index contributed by atoms with van der Waals surface area (Å²) in [7, 11) is -3.56. The zero-order valence-electron chi connectivity index (χ0n) is 11.6. The molecule has 0 heterocycles. The van der Waals surface area contributed by atoms with E-state index in [0.29, 0.717) is 5.69 Å². The minimum Gasteiger partial charge on any atom is -0.279 e. The van der Waals surface area contributed by atoms with E-state index in [1.807, 2.05) is 26.8 Å². The lowest BCUT2D eigenvalue weighted by Gasteiger charge is -2.13. The van der Waals surface area contributed by atoms with Gasteiger partial charge in [-0.25, -0.2) is 8.42 Å². The van der Waals surface area contributed by atoms with Gasteiger partial charge in [-0.1, -0.05) is 33.6 Å². The lowest BCUT2D eigenvalue weighted by molar-refractivity contribution is 0.601. The van der Waals surface area contributed by atoms with E-state index in [1.54, 1.807) is 30.3 Å². The summed E-state index contributed by atoms with van der Waals surface area (Å²) < 4.78 is 28.2. The first kappa shape index (κ1) is 15.1. The summed E-state index contributed by atoms with van der Waals surface area (Å²) in [6.07, 6.45) is 0. The number of rotatable bonds is 3. The molecule has 2 aromatic rings. The first-order chi connectivity index (χ1) is 9.29. The number of nitrogens with one attached hydrogen (secondary N) is 1. The van der Waals surface area contributed by atoms with E-state index < -0.39 is 10.0 Å². The second-order valence-electron chi connectivity index (χ2n) is 4.81. The van der Waals surface area contributed by atoms with Crippen molar-refractivity contribution in [3.8, 4) is 0 Å². The summed E-state index contributed by atoms with van der Waals surface area (Å²) in [6.45, 7) is 5.77. The number of sulfonamides is 1. The fourth-order valence-corrected chi connectivity index (χ4v) is 3.53. The average Bonchev–Trinajstić information content (AvgIpc) is 2.35. The molecule has 0 amide bonds. The van der Waals surface area contributed by atoms with E-state index in [0.717, 1.165) is 21.2 Å². The monoisotopic (exact) mass is 353 g/mol. The predicted octanol–water partition coefficient (Wildman–Crippen LogP) is 4.18. The van der Waals surface area contributed by atoms with Gasteiger partial charge in [-0.3, -0.25) is 4.72 Å². The van der Waals surface area contributed by atoms with Crippen molar-refractivity contribution in [1.82, 2.24) is 0 Å². The minimum atomic E-state index is -3.56. The molecule has 1 N–H and O–H groups in total. The van der Waals surface area contributed by atoms with Crippen LogP contribution in [0.25, 0.3) is 0 Å². The van der Waals surface area contributed by atoms with E-state index in [-0.39, 0.29) is 4.90 Å². The number of benzene rings is 2. The SMILES string of the molecule is Cc1ccc(S(=O)(=O)Nc2cc(Br)cc(C)c2C)cc1. The van der Waals surface area contributed by atoms with Crippen LogP contribution in [0.2, 0.25) is 0 Å². The molecule has 0 aromatic heterocycles. The summed E-state index contributed by atoms with van der Waals surface area (Å²) in [6, 6.07) is 10.5. The molecule has 0 bridgehead atoms. The summed E-state index contributed by atoms with van der Waals surface area (Å²) in [5.74, 6) is 0. The fraction of sp³-hybridized carbons (Fsp3) is 0.200. The van der Waals surface area contributed by atoms with Crippen LogP contribution >= 0.6 is 15.9 Å². The quantitative estimate of drug-likeness (QED) is 0.899. The zero-order chi connectivity index (χ0) is 14.9. The van der Waals surface area contributed by atoms with E-state index in [9.17, 15) is 8.42 Å². The minimum absolute atomic E-state index is 0.264. The van der Waals surface area contributed by atoms with E-state index in [1.165, 1.54) is 0 Å². The predicted molar refractivity (Wildman–Crippen MR) is 85.6 cm³/mol. The second-order valence-corrected chi connectivity index (χ2v) is 7.41. The molecular formula is C15H16BrNO2S. The van der Waals surface area contributed by atoms with Crippen molar-refractivity contribution in [2.24, 2.45) is 0 Å². The Balaban J connectivity index is 2.41. The first-order valence-electron chi connectivity index (χ1n) is 6.16. The highest BCUT2D eigenvalue weighted by Gasteiger charge is 2.15. The molecule has 0 atom stereocenters. The van der Waals surface area contributed by atoms with Crippen molar-refractivity contribution in [1.29, 1.82) is 0 Å². The highest BCUT2D eigenvalue weighted by molar-refractivity contribution is 9.10. The molecule has 0 aliphatic carbocycles. The Morgan fingerprint density at radius 3 is 2.20 bits per heavy atom. The molecule has 0 unspecified atom stereocenters. The molecule has 106 valence electrons. The Labute approximate surface area is 128 Å². The Morgan fingerprint density at radius 2 is 1.60 bits per heavy atom. The van der Waals surface area contributed by atoms with Crippen molar-refractivity contribution in [2.45, 2.75) is 25.7 Å². The molecule has 0 fully saturated rings. The summed E-state index contributed by atoms with van der Waals surface area (Å²) in [5, 5.41) is 0. The molecular weight excluding hydrogens is 338 g/mol. The van der Waals surface area contributed by atoms with Crippen LogP contribution in [-0.4, -0.2) is 8.42 Å². The Kier molecular flexibility index (Phi) is 4.20. The third-order valence-corrected chi connectivity index (χ3v) is 5.05. The molecule has 20 heavy (non-hydrogen) atoms. The Hall–Kier alpha value is -1.33. The van der Waals surface area contributed by atoms with Gasteiger partial charge in [0.1, 0.15) is 0 Å². The average molecular weight is 354 g/mol. The van der Waals surface area contributed by atoms with Crippen LogP contribution in [0.1, 0.15) is 16.7 Å². The largest absolute Gasteiger partial charge is 0.279 e. The topological polar surface area (TPSA) is 46.2 Å². The molecule has 0 aliphatic heterocycles. The summed E-state index contributed by atoms with van der Waals surface area (Å²) in [5.41, 5.74) is 3.57. The third-order valence-electron chi connectivity index (χ3n) is 3.21. The van der Waals surface area contributed by atoms with Gasteiger partial charge in [0, 0.05) is 4.47 Å². The summed E-state index contributed by atoms with van der Waals surface area (Å²) in [4.78, 5) is 0.264. The lowest BCUT2D eigenvalue weighted by atomic mass is 10.1. The molecule has 0 aliphatic rings. The highest BCUT2D eigenvalue weighted by atomic mass is 79.9. The van der Waals surface area contributed by atoms with Crippen LogP contribution in [0.5, 0.6) is 0 Å². The standard InChI is InChI=1S/C15H16BrNO2S/c1-10-4-6-14(7-5-10)20(18,19)17-15-9-13(16)8-11(2)12(15)3/h4-9,17H,1-3H3. The van der Waals surface area contributed by atoms with Crippen molar-refractivity contribution < 1.29 is 8.42 Å². The number of halogens is 1. The maximum atomic E-state index is 12.4. The van der Waals surface area contributed by atoms with Crippen LogP contribution < -0.4 is 4.72 Å². The van der Waals surface area contributed by atoms with Gasteiger partial charge >= 0.3 is 0 Å². The number of anilines is 1. The molecule has 3 nitrogen and oxygen atoms in total. The number of aryl methyl sites for hydroxylation is 2. The van der Waals surface area contributed by atoms with E-state index in [2.05, 4.69) is 20.7 Å². The van der Waals surface area contributed by atoms with Gasteiger partial charge in [0.15, 0.2) is 0 Å². The van der Waals surface area contributed by atoms with Crippen LogP contribution in [-0.2, 0) is 10.0 Å². The van der Waals surface area contributed by atoms with Crippen LogP contribution in [0.4, 0.5) is 5.69 Å². The fourth-order valence-electron chi connectivity index (χ4n) is 1.84. The molecule has 5 heteroatoms. The van der Waals surface area contributed by atoms with Gasteiger partial charge < -0.3 is 0 Å². The van der Waals surface area contributed by atoms with Gasteiger partial charge in [0.25, 0.3) is 10.0 Å². The molecule has 2 rings (SSSR count). The van der Waals surface area contributed by atoms with Crippen molar-refractivity contribution in [3.63, 3.8) is 0 Å². The molecule has 0 saturated heterocycles. The van der Waals surface area contributed by atoms with Crippen LogP contribution in [0.15, 0.2) is 45.8 Å². The smallest absolute Gasteiger partial charge is 0.261 e. The van der Waals surface area contributed by atoms with Crippen molar-refractivity contribution in [2.75, 3.05) is 4.72 Å². The summed E-state index contributed by atoms with van der Waals surface area (Å²) >= 11 is 3.39. The number of hydrogen-bond donors (Lipinski definition) is 1. The molecule has 0 spiro atoms. The van der Waals surface area contributed by atoms with Gasteiger partial charge in [0.05, 0.1) is 10.6 Å². The maximum Gasteiger partial charge on any atom is 0.261 e. The van der Waals surface area contributed by atoms with Crippen LogP contribution in [0, 0.1) is 20.8 Å². The number of hydrogen-bond acceptors (Lipinski definition) is 2. The Bertz CT molecular complexity index is 737. The first-order valence-corrected chi connectivity index (χ1v) is 8.43. The Morgan fingerprint density at radius 1 is 1.00 bits per heavy atom. The highest BCUT2D eigenvalue weighted by Crippen LogP contribution is 2.26. The second kappa shape index (κ2) is 5.58. The molecule has 0 radical (unpaired) electrons. The van der Waals surface area contributed by atoms with Gasteiger partial charge in [-0.2, -0.15) is 0 Å².